The van der Waals surface area contributed by atoms with Gasteiger partial charge in [-0.15, -0.1) is 0 Å². The molecule has 0 aromatic heterocycles. The Kier molecular flexibility index (Phi) is 6.08. The van der Waals surface area contributed by atoms with Crippen LogP contribution in [0.4, 0.5) is 0 Å². The molecule has 0 spiro atoms. The van der Waals surface area contributed by atoms with Gasteiger partial charge in [-0.3, -0.25) is 4.79 Å². The topological polar surface area (TPSA) is 48.0 Å². The number of ether oxygens (including phenoxy) is 2. The maximum atomic E-state index is 13.4. The van der Waals surface area contributed by atoms with Crippen LogP contribution in [0.25, 0.3) is 21.5 Å². The summed E-state index contributed by atoms with van der Waals surface area (Å²) in [4.78, 5) is 19.7. The second-order valence-corrected chi connectivity index (χ2v) is 8.78. The normalized spacial score (nSPS) is 17.8. The smallest absolute Gasteiger partial charge is 0.277 e. The summed E-state index contributed by atoms with van der Waals surface area (Å²) in [5, 5.41) is 5.64. The molecule has 1 aliphatic heterocycles. The zero-order chi connectivity index (χ0) is 24.3. The third-order valence-electron chi connectivity index (χ3n) is 6.38. The summed E-state index contributed by atoms with van der Waals surface area (Å²) in [6.07, 6.45) is -1.18. The van der Waals surface area contributed by atoms with Crippen LogP contribution in [0.15, 0.2) is 115 Å². The molecule has 5 aromatic carbocycles. The summed E-state index contributed by atoms with van der Waals surface area (Å²) < 4.78 is 12.5. The first-order chi connectivity index (χ1) is 17.8. The van der Waals surface area contributed by atoms with Gasteiger partial charge in [-0.05, 0) is 51.9 Å². The molecule has 5 nitrogen and oxygen atoms in total. The number of para-hydroxylation sites is 1. The second-order valence-electron chi connectivity index (χ2n) is 8.78. The molecule has 0 N–H and O–H groups in total. The molecular weight excluding hydrogens is 450 g/mol. The predicted octanol–water partition coefficient (Wildman–Crippen LogP) is 6.54. The Balaban J connectivity index is 1.40. The van der Waals surface area contributed by atoms with Crippen LogP contribution >= 0.6 is 0 Å². The number of carbonyl (C=O) groups excluding carboxylic acids is 1. The fourth-order valence-electron chi connectivity index (χ4n) is 4.66. The highest BCUT2D eigenvalue weighted by atomic mass is 16.8. The van der Waals surface area contributed by atoms with Crippen LogP contribution in [0.2, 0.25) is 0 Å². The Morgan fingerprint density at radius 1 is 0.778 bits per heavy atom. The van der Waals surface area contributed by atoms with E-state index in [1.165, 1.54) is 5.06 Å². The van der Waals surface area contributed by atoms with Crippen LogP contribution < -0.4 is 4.74 Å². The van der Waals surface area contributed by atoms with Crippen molar-refractivity contribution >= 4 is 27.5 Å². The Hall–Kier alpha value is -4.19. The number of hydrogen-bond acceptors (Lipinski definition) is 4. The molecule has 36 heavy (non-hydrogen) atoms. The van der Waals surface area contributed by atoms with E-state index in [-0.39, 0.29) is 19.1 Å². The minimum Gasteiger partial charge on any atom is -0.491 e. The van der Waals surface area contributed by atoms with Gasteiger partial charge in [0.2, 0.25) is 6.29 Å². The van der Waals surface area contributed by atoms with E-state index < -0.39 is 12.4 Å². The highest BCUT2D eigenvalue weighted by Gasteiger charge is 2.35. The van der Waals surface area contributed by atoms with Crippen molar-refractivity contribution in [1.29, 1.82) is 0 Å². The van der Waals surface area contributed by atoms with Crippen molar-refractivity contribution in [3.05, 3.63) is 126 Å². The van der Waals surface area contributed by atoms with Gasteiger partial charge in [0, 0.05) is 11.1 Å². The average molecular weight is 476 g/mol. The first kappa shape index (κ1) is 22.3. The lowest BCUT2D eigenvalue weighted by Gasteiger charge is -2.38. The molecule has 5 heteroatoms. The molecule has 1 amide bonds. The van der Waals surface area contributed by atoms with E-state index in [1.54, 1.807) is 12.1 Å². The van der Waals surface area contributed by atoms with Gasteiger partial charge in [-0.1, -0.05) is 84.9 Å². The number of fused-ring (bicyclic) bond motifs is 2. The van der Waals surface area contributed by atoms with Crippen molar-refractivity contribution in [2.24, 2.45) is 0 Å². The number of nitrogens with zero attached hydrogens (tertiary/aromatic N) is 1. The largest absolute Gasteiger partial charge is 0.491 e. The standard InChI is InChI=1S/C31H25NO4/c33-30(22-11-3-1-4-12-22)32-20-26(21-34-25-15-5-2-6-16-25)35-31(36-32)29-27-17-9-7-13-23(27)19-24-14-8-10-18-28(24)29/h1-19,26,31H,20-21H2/t26-,31-/m0/s1. The first-order valence-corrected chi connectivity index (χ1v) is 12.0. The van der Waals surface area contributed by atoms with Gasteiger partial charge in [0.1, 0.15) is 18.5 Å². The van der Waals surface area contributed by atoms with Gasteiger partial charge in [0.15, 0.2) is 0 Å². The highest BCUT2D eigenvalue weighted by molar-refractivity contribution is 6.02. The summed E-state index contributed by atoms with van der Waals surface area (Å²) >= 11 is 0. The van der Waals surface area contributed by atoms with Crippen molar-refractivity contribution in [3.8, 4) is 5.75 Å². The van der Waals surface area contributed by atoms with Gasteiger partial charge >= 0.3 is 0 Å². The van der Waals surface area contributed by atoms with Gasteiger partial charge < -0.3 is 9.47 Å². The molecule has 1 saturated heterocycles. The van der Waals surface area contributed by atoms with Crippen molar-refractivity contribution in [1.82, 2.24) is 5.06 Å². The molecule has 0 saturated carbocycles. The minimum absolute atomic E-state index is 0.210. The molecule has 0 radical (unpaired) electrons. The molecule has 6 rings (SSSR count). The van der Waals surface area contributed by atoms with E-state index in [2.05, 4.69) is 30.3 Å². The molecular formula is C31H25NO4. The third-order valence-corrected chi connectivity index (χ3v) is 6.38. The van der Waals surface area contributed by atoms with Crippen molar-refractivity contribution in [2.45, 2.75) is 12.4 Å². The van der Waals surface area contributed by atoms with Crippen molar-refractivity contribution in [3.63, 3.8) is 0 Å². The fourth-order valence-corrected chi connectivity index (χ4v) is 4.66. The quantitative estimate of drug-likeness (QED) is 0.271. The van der Waals surface area contributed by atoms with Gasteiger partial charge in [0.05, 0.1) is 6.54 Å². The lowest BCUT2D eigenvalue weighted by atomic mass is 9.96. The summed E-state index contributed by atoms with van der Waals surface area (Å²) in [7, 11) is 0. The molecule has 0 bridgehead atoms. The number of amides is 1. The van der Waals surface area contributed by atoms with E-state index in [0.717, 1.165) is 32.9 Å². The first-order valence-electron chi connectivity index (χ1n) is 12.0. The Bertz CT molecular complexity index is 1450. The molecule has 0 unspecified atom stereocenters. The minimum atomic E-state index is -0.785. The van der Waals surface area contributed by atoms with Crippen LogP contribution in [0, 0.1) is 0 Å². The molecule has 1 fully saturated rings. The van der Waals surface area contributed by atoms with E-state index >= 15 is 0 Å². The zero-order valence-corrected chi connectivity index (χ0v) is 19.6. The molecule has 178 valence electrons. The Morgan fingerprint density at radius 2 is 1.36 bits per heavy atom. The van der Waals surface area contributed by atoms with Gasteiger partial charge in [-0.2, -0.15) is 0 Å². The van der Waals surface area contributed by atoms with E-state index in [4.69, 9.17) is 14.3 Å². The van der Waals surface area contributed by atoms with Crippen LogP contribution in [0.3, 0.4) is 0 Å². The van der Waals surface area contributed by atoms with Gasteiger partial charge in [-0.25, -0.2) is 9.90 Å². The summed E-state index contributed by atoms with van der Waals surface area (Å²) in [5.74, 6) is 0.541. The van der Waals surface area contributed by atoms with E-state index in [1.807, 2.05) is 72.8 Å². The number of hydrogen-bond donors (Lipinski definition) is 0. The molecule has 5 aromatic rings. The summed E-state index contributed by atoms with van der Waals surface area (Å²) in [6, 6.07) is 37.3. The number of hydroxylamine groups is 2. The Morgan fingerprint density at radius 3 is 2.03 bits per heavy atom. The van der Waals surface area contributed by atoms with Crippen LogP contribution in [-0.4, -0.2) is 30.2 Å². The average Bonchev–Trinajstić information content (AvgIpc) is 2.95. The molecule has 1 aliphatic rings. The molecule has 2 atom stereocenters. The number of benzene rings is 5. The number of rotatable bonds is 5. The van der Waals surface area contributed by atoms with E-state index in [9.17, 15) is 4.79 Å². The third kappa shape index (κ3) is 4.42. The van der Waals surface area contributed by atoms with Gasteiger partial charge in [0.25, 0.3) is 5.91 Å². The molecule has 0 aliphatic carbocycles. The zero-order valence-electron chi connectivity index (χ0n) is 19.6. The second kappa shape index (κ2) is 9.82. The van der Waals surface area contributed by atoms with Crippen LogP contribution in [-0.2, 0) is 9.57 Å². The van der Waals surface area contributed by atoms with E-state index in [0.29, 0.717) is 5.56 Å². The maximum Gasteiger partial charge on any atom is 0.277 e. The predicted molar refractivity (Wildman–Crippen MR) is 140 cm³/mol. The maximum absolute atomic E-state index is 13.4. The van der Waals surface area contributed by atoms with Crippen molar-refractivity contribution < 1.29 is 19.1 Å². The van der Waals surface area contributed by atoms with Crippen molar-refractivity contribution in [2.75, 3.05) is 13.2 Å². The summed E-state index contributed by atoms with van der Waals surface area (Å²) in [5.41, 5.74) is 1.46. The van der Waals surface area contributed by atoms with Crippen LogP contribution in [0.5, 0.6) is 5.75 Å². The molecule has 1 heterocycles. The summed E-state index contributed by atoms with van der Waals surface area (Å²) in [6.45, 7) is 0.533. The van der Waals surface area contributed by atoms with Crippen LogP contribution in [0.1, 0.15) is 22.2 Å². The highest BCUT2D eigenvalue weighted by Crippen LogP contribution is 2.38. The fraction of sp³-hybridized carbons (Fsp3) is 0.129. The SMILES string of the molecule is O=C(c1ccccc1)N1C[C@@H](COc2ccccc2)O[C@H](c2c3ccccc3cc3ccccc23)O1. The lowest BCUT2D eigenvalue weighted by Crippen LogP contribution is -2.47. The Labute approximate surface area is 209 Å². The lowest BCUT2D eigenvalue weighted by molar-refractivity contribution is -0.324. The number of carbonyl (C=O) groups is 1. The monoisotopic (exact) mass is 475 g/mol.